The zero-order valence-electron chi connectivity index (χ0n) is 11.4. The Kier molecular flexibility index (Phi) is 6.72. The fraction of sp³-hybridized carbons (Fsp3) is 0.571. The lowest BCUT2D eigenvalue weighted by Crippen LogP contribution is -2.33. The van der Waals surface area contributed by atoms with E-state index < -0.39 is 5.60 Å². The molecule has 0 spiro atoms. The minimum absolute atomic E-state index is 0.199. The predicted molar refractivity (Wildman–Crippen MR) is 75.1 cm³/mol. The van der Waals surface area contributed by atoms with Crippen molar-refractivity contribution in [3.63, 3.8) is 0 Å². The molecule has 0 aliphatic rings. The Bertz CT molecular complexity index is 379. The summed E-state index contributed by atoms with van der Waals surface area (Å²) >= 11 is 5.95. The molecule has 19 heavy (non-hydrogen) atoms. The van der Waals surface area contributed by atoms with Gasteiger partial charge in [0.25, 0.3) is 0 Å². The molecule has 108 valence electrons. The Morgan fingerprint density at radius 2 is 2.16 bits per heavy atom. The number of halogens is 2. The number of nitrogens with one attached hydrogen (secondary N) is 1. The van der Waals surface area contributed by atoms with Crippen molar-refractivity contribution < 1.29 is 14.2 Å². The molecule has 5 heteroatoms. The number of ether oxygens (including phenoxy) is 1. The van der Waals surface area contributed by atoms with Gasteiger partial charge in [-0.25, -0.2) is 4.39 Å². The third-order valence-electron chi connectivity index (χ3n) is 2.94. The second-order valence-electron chi connectivity index (χ2n) is 4.87. The van der Waals surface area contributed by atoms with Crippen LogP contribution in [-0.4, -0.2) is 37.5 Å². The van der Waals surface area contributed by atoms with Crippen LogP contribution in [0.5, 0.6) is 0 Å². The summed E-state index contributed by atoms with van der Waals surface area (Å²) in [6, 6.07) is 4.54. The Labute approximate surface area is 118 Å². The van der Waals surface area contributed by atoms with Gasteiger partial charge in [0.05, 0.1) is 12.2 Å². The summed E-state index contributed by atoms with van der Waals surface area (Å²) in [5.41, 5.74) is -0.627. The van der Waals surface area contributed by atoms with E-state index in [1.165, 1.54) is 6.07 Å². The van der Waals surface area contributed by atoms with Gasteiger partial charge in [0.15, 0.2) is 0 Å². The molecule has 1 aromatic carbocycles. The minimum Gasteiger partial charge on any atom is -0.390 e. The third-order valence-corrected chi connectivity index (χ3v) is 3.30. The third kappa shape index (κ3) is 5.87. The molecule has 0 fully saturated rings. The average Bonchev–Trinajstić information content (AvgIpc) is 2.34. The van der Waals surface area contributed by atoms with E-state index in [4.69, 9.17) is 16.3 Å². The van der Waals surface area contributed by atoms with Crippen molar-refractivity contribution in [1.82, 2.24) is 5.32 Å². The van der Waals surface area contributed by atoms with E-state index in [1.807, 2.05) is 0 Å². The first kappa shape index (κ1) is 16.4. The van der Waals surface area contributed by atoms with E-state index in [-0.39, 0.29) is 12.2 Å². The van der Waals surface area contributed by atoms with Crippen molar-refractivity contribution in [3.05, 3.63) is 34.6 Å². The first-order valence-electron chi connectivity index (χ1n) is 6.31. The Morgan fingerprint density at radius 3 is 2.79 bits per heavy atom. The van der Waals surface area contributed by atoms with Gasteiger partial charge in [0.2, 0.25) is 0 Å². The van der Waals surface area contributed by atoms with Gasteiger partial charge in [-0.1, -0.05) is 17.7 Å². The summed E-state index contributed by atoms with van der Waals surface area (Å²) in [5, 5.41) is 13.8. The summed E-state index contributed by atoms with van der Waals surface area (Å²) in [5.74, 6) is -0.375. The Morgan fingerprint density at radius 1 is 1.42 bits per heavy atom. The van der Waals surface area contributed by atoms with Crippen molar-refractivity contribution in [1.29, 1.82) is 0 Å². The van der Waals surface area contributed by atoms with Crippen LogP contribution in [-0.2, 0) is 11.2 Å². The molecule has 0 saturated heterocycles. The molecule has 0 aromatic heterocycles. The molecule has 1 rings (SSSR count). The van der Waals surface area contributed by atoms with Gasteiger partial charge in [-0.3, -0.25) is 0 Å². The van der Waals surface area contributed by atoms with Gasteiger partial charge in [-0.15, -0.1) is 0 Å². The summed E-state index contributed by atoms with van der Waals surface area (Å²) in [6.45, 7) is 3.69. The van der Waals surface area contributed by atoms with Crippen LogP contribution in [0.15, 0.2) is 18.2 Å². The molecule has 1 aromatic rings. The lowest BCUT2D eigenvalue weighted by molar-refractivity contribution is 0.0502. The molecule has 0 aliphatic carbocycles. The van der Waals surface area contributed by atoms with Crippen LogP contribution in [0.2, 0.25) is 5.02 Å². The lowest BCUT2D eigenvalue weighted by atomic mass is 9.93. The van der Waals surface area contributed by atoms with E-state index in [1.54, 1.807) is 26.2 Å². The average molecular weight is 290 g/mol. The molecule has 0 bridgehead atoms. The standard InChI is InChI=1S/C14H21ClFNO2/c1-14(18,6-7-17-8-9-19-2)10-11-12(15)4-3-5-13(11)16/h3-5,17-18H,6-10H2,1-2H3. The molecular weight excluding hydrogens is 269 g/mol. The highest BCUT2D eigenvalue weighted by Crippen LogP contribution is 2.25. The molecular formula is C14H21ClFNO2. The van der Waals surface area contributed by atoms with Gasteiger partial charge in [0, 0.05) is 30.7 Å². The summed E-state index contributed by atoms with van der Waals surface area (Å²) in [7, 11) is 1.64. The van der Waals surface area contributed by atoms with E-state index in [2.05, 4.69) is 5.32 Å². The zero-order chi connectivity index (χ0) is 14.3. The SMILES string of the molecule is COCCNCCC(C)(O)Cc1c(F)cccc1Cl. The Hall–Kier alpha value is -0.680. The second-order valence-corrected chi connectivity index (χ2v) is 5.27. The van der Waals surface area contributed by atoms with Crippen molar-refractivity contribution in [3.8, 4) is 0 Å². The number of benzene rings is 1. The van der Waals surface area contributed by atoms with E-state index in [9.17, 15) is 9.50 Å². The number of rotatable bonds is 8. The van der Waals surface area contributed by atoms with Crippen molar-refractivity contribution in [2.24, 2.45) is 0 Å². The van der Waals surface area contributed by atoms with E-state index in [0.29, 0.717) is 30.2 Å². The van der Waals surface area contributed by atoms with E-state index in [0.717, 1.165) is 6.54 Å². The number of methoxy groups -OCH3 is 1. The quantitative estimate of drug-likeness (QED) is 0.722. The van der Waals surface area contributed by atoms with E-state index >= 15 is 0 Å². The van der Waals surface area contributed by atoms with Crippen LogP contribution in [0.25, 0.3) is 0 Å². The van der Waals surface area contributed by atoms with Crippen molar-refractivity contribution >= 4 is 11.6 Å². The van der Waals surface area contributed by atoms with Gasteiger partial charge in [-0.05, 0) is 32.0 Å². The largest absolute Gasteiger partial charge is 0.390 e. The molecule has 0 amide bonds. The monoisotopic (exact) mass is 289 g/mol. The fourth-order valence-electron chi connectivity index (χ4n) is 1.83. The number of aliphatic hydroxyl groups is 1. The lowest BCUT2D eigenvalue weighted by Gasteiger charge is -2.24. The van der Waals surface area contributed by atoms with Gasteiger partial charge in [0.1, 0.15) is 5.82 Å². The van der Waals surface area contributed by atoms with Crippen molar-refractivity contribution in [2.75, 3.05) is 26.8 Å². The highest BCUT2D eigenvalue weighted by Gasteiger charge is 2.23. The molecule has 0 saturated carbocycles. The normalized spacial score (nSPS) is 14.4. The molecule has 0 radical (unpaired) electrons. The van der Waals surface area contributed by atoms with Gasteiger partial charge >= 0.3 is 0 Å². The predicted octanol–water partition coefficient (Wildman–Crippen LogP) is 2.40. The highest BCUT2D eigenvalue weighted by molar-refractivity contribution is 6.31. The zero-order valence-corrected chi connectivity index (χ0v) is 12.1. The molecule has 3 nitrogen and oxygen atoms in total. The van der Waals surface area contributed by atoms with Crippen LogP contribution >= 0.6 is 11.6 Å². The maximum atomic E-state index is 13.6. The molecule has 2 N–H and O–H groups in total. The molecule has 0 heterocycles. The fourth-order valence-corrected chi connectivity index (χ4v) is 2.06. The first-order valence-corrected chi connectivity index (χ1v) is 6.69. The van der Waals surface area contributed by atoms with Crippen LogP contribution in [0.3, 0.4) is 0 Å². The molecule has 1 unspecified atom stereocenters. The maximum Gasteiger partial charge on any atom is 0.127 e. The van der Waals surface area contributed by atoms with Crippen LogP contribution in [0, 0.1) is 5.82 Å². The van der Waals surface area contributed by atoms with Crippen LogP contribution in [0.1, 0.15) is 18.9 Å². The number of hydrogen-bond acceptors (Lipinski definition) is 3. The smallest absolute Gasteiger partial charge is 0.127 e. The topological polar surface area (TPSA) is 41.5 Å². The van der Waals surface area contributed by atoms with Crippen LogP contribution < -0.4 is 5.32 Å². The maximum absolute atomic E-state index is 13.6. The highest BCUT2D eigenvalue weighted by atomic mass is 35.5. The molecule has 1 atom stereocenters. The minimum atomic E-state index is -0.994. The molecule has 0 aliphatic heterocycles. The van der Waals surface area contributed by atoms with Crippen LogP contribution in [0.4, 0.5) is 4.39 Å². The number of hydrogen-bond donors (Lipinski definition) is 2. The summed E-state index contributed by atoms with van der Waals surface area (Å²) in [4.78, 5) is 0. The second kappa shape index (κ2) is 7.80. The summed E-state index contributed by atoms with van der Waals surface area (Å²) in [6.07, 6.45) is 0.714. The first-order chi connectivity index (χ1) is 8.96. The van der Waals surface area contributed by atoms with Gasteiger partial charge < -0.3 is 15.2 Å². The van der Waals surface area contributed by atoms with Crippen molar-refractivity contribution in [2.45, 2.75) is 25.4 Å². The van der Waals surface area contributed by atoms with Gasteiger partial charge in [-0.2, -0.15) is 0 Å². The summed E-state index contributed by atoms with van der Waals surface area (Å²) < 4.78 is 18.6. The Balaban J connectivity index is 2.49.